The van der Waals surface area contributed by atoms with Crippen molar-refractivity contribution in [3.05, 3.63) is 59.7 Å². The van der Waals surface area contributed by atoms with Crippen LogP contribution in [0.1, 0.15) is 23.5 Å². The van der Waals surface area contributed by atoms with Crippen LogP contribution in [0, 0.1) is 0 Å². The molecular weight excluding hydrogens is 288 g/mol. The Balaban J connectivity index is 1.54. The van der Waals surface area contributed by atoms with Gasteiger partial charge < -0.3 is 15.4 Å². The van der Waals surface area contributed by atoms with E-state index in [9.17, 15) is 4.79 Å². The number of hydrogen-bond donors (Lipinski definition) is 1. The number of carbonyl (C=O) groups is 1. The molecule has 118 valence electrons. The van der Waals surface area contributed by atoms with Gasteiger partial charge in [0.1, 0.15) is 6.61 Å². The Morgan fingerprint density at radius 2 is 1.70 bits per heavy atom. The van der Waals surface area contributed by atoms with Crippen LogP contribution in [0.25, 0.3) is 11.1 Å². The molecule has 2 N–H and O–H groups in total. The molecule has 4 nitrogen and oxygen atoms in total. The second-order valence-electron chi connectivity index (χ2n) is 6.30. The molecule has 1 heterocycles. The zero-order chi connectivity index (χ0) is 15.8. The van der Waals surface area contributed by atoms with Gasteiger partial charge in [0.05, 0.1) is 0 Å². The minimum absolute atomic E-state index is 0.0792. The van der Waals surface area contributed by atoms with Gasteiger partial charge in [-0.2, -0.15) is 0 Å². The van der Waals surface area contributed by atoms with Crippen molar-refractivity contribution in [2.75, 3.05) is 19.7 Å². The van der Waals surface area contributed by atoms with Crippen LogP contribution in [-0.4, -0.2) is 36.7 Å². The smallest absolute Gasteiger partial charge is 0.409 e. The van der Waals surface area contributed by atoms with Crippen molar-refractivity contribution in [3.63, 3.8) is 0 Å². The number of nitrogens with zero attached hydrogens (tertiary/aromatic N) is 1. The predicted molar refractivity (Wildman–Crippen MR) is 89.2 cm³/mol. The van der Waals surface area contributed by atoms with E-state index in [0.717, 1.165) is 6.42 Å². The van der Waals surface area contributed by atoms with Crippen molar-refractivity contribution in [3.8, 4) is 11.1 Å². The topological polar surface area (TPSA) is 55.6 Å². The molecule has 2 aromatic rings. The lowest BCUT2D eigenvalue weighted by molar-refractivity contribution is 0.107. The maximum absolute atomic E-state index is 12.2. The van der Waals surface area contributed by atoms with Gasteiger partial charge in [-0.05, 0) is 28.7 Å². The minimum Gasteiger partial charge on any atom is -0.448 e. The van der Waals surface area contributed by atoms with E-state index in [2.05, 4.69) is 36.4 Å². The number of hydrogen-bond acceptors (Lipinski definition) is 3. The molecule has 0 saturated carbocycles. The van der Waals surface area contributed by atoms with Gasteiger partial charge in [0.25, 0.3) is 0 Å². The molecule has 0 radical (unpaired) electrons. The number of rotatable bonds is 2. The quantitative estimate of drug-likeness (QED) is 0.928. The Bertz CT molecular complexity index is 698. The van der Waals surface area contributed by atoms with Gasteiger partial charge in [0.15, 0.2) is 0 Å². The molecule has 1 aliphatic heterocycles. The average Bonchev–Trinajstić information content (AvgIpc) is 3.15. The third kappa shape index (κ3) is 2.49. The van der Waals surface area contributed by atoms with Gasteiger partial charge >= 0.3 is 6.09 Å². The molecule has 4 rings (SSSR count). The van der Waals surface area contributed by atoms with E-state index in [1.54, 1.807) is 4.90 Å². The lowest BCUT2D eigenvalue weighted by atomic mass is 9.98. The summed E-state index contributed by atoms with van der Waals surface area (Å²) in [6, 6.07) is 16.8. The fraction of sp³-hybridized carbons (Fsp3) is 0.316. The van der Waals surface area contributed by atoms with E-state index in [0.29, 0.717) is 19.7 Å². The third-order valence-electron chi connectivity index (χ3n) is 4.82. The number of carbonyl (C=O) groups excluding carboxylic acids is 1. The standard InChI is InChI=1S/C19H20N2O2/c20-13-9-10-21(11-13)19(22)23-12-18-16-7-3-1-5-14(16)15-6-2-4-8-17(15)18/h1-8,13,18H,9-12,20H2. The largest absolute Gasteiger partial charge is 0.448 e. The summed E-state index contributed by atoms with van der Waals surface area (Å²) < 4.78 is 5.60. The van der Waals surface area contributed by atoms with E-state index < -0.39 is 0 Å². The molecule has 23 heavy (non-hydrogen) atoms. The van der Waals surface area contributed by atoms with Crippen molar-refractivity contribution in [1.82, 2.24) is 4.90 Å². The number of benzene rings is 2. The lowest BCUT2D eigenvalue weighted by Gasteiger charge is -2.19. The highest BCUT2D eigenvalue weighted by Crippen LogP contribution is 2.44. The van der Waals surface area contributed by atoms with Crippen LogP contribution in [0.3, 0.4) is 0 Å². The number of nitrogens with two attached hydrogens (primary N) is 1. The third-order valence-corrected chi connectivity index (χ3v) is 4.82. The molecule has 1 amide bonds. The Kier molecular flexibility index (Phi) is 3.54. The number of fused-ring (bicyclic) bond motifs is 3. The molecule has 1 aliphatic carbocycles. The van der Waals surface area contributed by atoms with Crippen LogP contribution in [0.15, 0.2) is 48.5 Å². The zero-order valence-corrected chi connectivity index (χ0v) is 12.9. The first-order valence-corrected chi connectivity index (χ1v) is 8.09. The van der Waals surface area contributed by atoms with E-state index in [1.165, 1.54) is 22.3 Å². The highest BCUT2D eigenvalue weighted by atomic mass is 16.6. The van der Waals surface area contributed by atoms with Gasteiger partial charge in [-0.25, -0.2) is 4.79 Å². The first-order chi connectivity index (χ1) is 11.2. The number of amides is 1. The van der Waals surface area contributed by atoms with Crippen LogP contribution < -0.4 is 5.73 Å². The molecular formula is C19H20N2O2. The van der Waals surface area contributed by atoms with Crippen molar-refractivity contribution >= 4 is 6.09 Å². The Labute approximate surface area is 135 Å². The normalized spacial score (nSPS) is 19.5. The summed E-state index contributed by atoms with van der Waals surface area (Å²) in [5, 5.41) is 0. The second-order valence-corrected chi connectivity index (χ2v) is 6.30. The fourth-order valence-electron chi connectivity index (χ4n) is 3.64. The molecule has 0 aromatic heterocycles. The molecule has 2 aromatic carbocycles. The van der Waals surface area contributed by atoms with Crippen LogP contribution in [0.4, 0.5) is 4.79 Å². The monoisotopic (exact) mass is 308 g/mol. The molecule has 1 saturated heterocycles. The summed E-state index contributed by atoms with van der Waals surface area (Å²) in [7, 11) is 0. The fourth-order valence-corrected chi connectivity index (χ4v) is 3.64. The molecule has 4 heteroatoms. The van der Waals surface area contributed by atoms with Gasteiger partial charge in [-0.3, -0.25) is 0 Å². The predicted octanol–water partition coefficient (Wildman–Crippen LogP) is 2.97. The highest BCUT2D eigenvalue weighted by molar-refractivity contribution is 5.79. The summed E-state index contributed by atoms with van der Waals surface area (Å²) >= 11 is 0. The number of ether oxygens (including phenoxy) is 1. The average molecular weight is 308 g/mol. The van der Waals surface area contributed by atoms with Crippen LogP contribution in [0.5, 0.6) is 0 Å². The summed E-state index contributed by atoms with van der Waals surface area (Å²) in [5.41, 5.74) is 10.8. The van der Waals surface area contributed by atoms with Gasteiger partial charge in [-0.15, -0.1) is 0 Å². The summed E-state index contributed by atoms with van der Waals surface area (Å²) in [6.45, 7) is 1.66. The maximum atomic E-state index is 12.2. The summed E-state index contributed by atoms with van der Waals surface area (Å²) in [6.07, 6.45) is 0.601. The van der Waals surface area contributed by atoms with Crippen LogP contribution >= 0.6 is 0 Å². The minimum atomic E-state index is -0.250. The molecule has 1 unspecified atom stereocenters. The second kappa shape index (κ2) is 5.70. The van der Waals surface area contributed by atoms with E-state index in [-0.39, 0.29) is 18.1 Å². The Morgan fingerprint density at radius 3 is 2.26 bits per heavy atom. The Morgan fingerprint density at radius 1 is 1.09 bits per heavy atom. The highest BCUT2D eigenvalue weighted by Gasteiger charge is 2.30. The summed E-state index contributed by atoms with van der Waals surface area (Å²) in [5.74, 6) is 0.114. The first-order valence-electron chi connectivity index (χ1n) is 8.09. The molecule has 2 aliphatic rings. The van der Waals surface area contributed by atoms with Gasteiger partial charge in [0.2, 0.25) is 0 Å². The van der Waals surface area contributed by atoms with Crippen LogP contribution in [0.2, 0.25) is 0 Å². The molecule has 1 atom stereocenters. The summed E-state index contributed by atoms with van der Waals surface area (Å²) in [4.78, 5) is 13.9. The SMILES string of the molecule is NC1CCN(C(=O)OCC2c3ccccc3-c3ccccc32)C1. The molecule has 0 spiro atoms. The van der Waals surface area contributed by atoms with Crippen LogP contribution in [-0.2, 0) is 4.74 Å². The van der Waals surface area contributed by atoms with Gasteiger partial charge in [0, 0.05) is 25.0 Å². The van der Waals surface area contributed by atoms with Crippen molar-refractivity contribution in [1.29, 1.82) is 0 Å². The first kappa shape index (κ1) is 14.3. The van der Waals surface area contributed by atoms with E-state index >= 15 is 0 Å². The Hall–Kier alpha value is -2.33. The zero-order valence-electron chi connectivity index (χ0n) is 12.9. The van der Waals surface area contributed by atoms with Crippen molar-refractivity contribution in [2.45, 2.75) is 18.4 Å². The van der Waals surface area contributed by atoms with Gasteiger partial charge in [-0.1, -0.05) is 48.5 Å². The van der Waals surface area contributed by atoms with E-state index in [4.69, 9.17) is 10.5 Å². The maximum Gasteiger partial charge on any atom is 0.409 e. The lowest BCUT2D eigenvalue weighted by Crippen LogP contribution is -2.33. The molecule has 0 bridgehead atoms. The van der Waals surface area contributed by atoms with E-state index in [1.807, 2.05) is 12.1 Å². The van der Waals surface area contributed by atoms with Crippen molar-refractivity contribution in [2.24, 2.45) is 5.73 Å². The molecule has 1 fully saturated rings. The van der Waals surface area contributed by atoms with Crippen molar-refractivity contribution < 1.29 is 9.53 Å². The number of likely N-dealkylation sites (tertiary alicyclic amines) is 1.